The maximum absolute atomic E-state index is 12.2. The van der Waals surface area contributed by atoms with Crippen LogP contribution < -0.4 is 5.32 Å². The second kappa shape index (κ2) is 4.92. The van der Waals surface area contributed by atoms with Crippen molar-refractivity contribution in [1.82, 2.24) is 5.32 Å². The normalized spacial score (nSPS) is 21.8. The summed E-state index contributed by atoms with van der Waals surface area (Å²) in [6, 6.07) is 5.07. The van der Waals surface area contributed by atoms with Crippen molar-refractivity contribution >= 4 is 21.8 Å². The fourth-order valence-electron chi connectivity index (χ4n) is 2.52. The highest BCUT2D eigenvalue weighted by Gasteiger charge is 2.35. The summed E-state index contributed by atoms with van der Waals surface area (Å²) in [5.41, 5.74) is 0.462. The van der Waals surface area contributed by atoms with Crippen LogP contribution in [0, 0.1) is 5.41 Å². The van der Waals surface area contributed by atoms with E-state index in [2.05, 4.69) is 35.1 Å². The van der Waals surface area contributed by atoms with Gasteiger partial charge in [-0.25, -0.2) is 0 Å². The summed E-state index contributed by atoms with van der Waals surface area (Å²) >= 11 is 3.31. The van der Waals surface area contributed by atoms with Crippen molar-refractivity contribution in [3.8, 4) is 5.75 Å². The van der Waals surface area contributed by atoms with E-state index in [0.717, 1.165) is 23.7 Å². The van der Waals surface area contributed by atoms with Gasteiger partial charge in [-0.05, 0) is 36.5 Å². The number of carbonyl (C=O) groups is 1. The number of halogens is 1. The van der Waals surface area contributed by atoms with Crippen molar-refractivity contribution in [2.75, 3.05) is 0 Å². The zero-order valence-corrected chi connectivity index (χ0v) is 12.3. The lowest BCUT2D eigenvalue weighted by atomic mass is 9.87. The molecule has 0 spiro atoms. The molecule has 1 aliphatic rings. The van der Waals surface area contributed by atoms with Gasteiger partial charge in [0.1, 0.15) is 5.75 Å². The van der Waals surface area contributed by atoms with Crippen LogP contribution in [0.5, 0.6) is 5.75 Å². The van der Waals surface area contributed by atoms with Crippen LogP contribution in [0.1, 0.15) is 43.5 Å². The van der Waals surface area contributed by atoms with E-state index in [0.29, 0.717) is 5.56 Å². The van der Waals surface area contributed by atoms with Crippen LogP contribution >= 0.6 is 15.9 Å². The van der Waals surface area contributed by atoms with Gasteiger partial charge in [-0.1, -0.05) is 36.2 Å². The molecule has 1 aromatic rings. The Kier molecular flexibility index (Phi) is 3.66. The molecule has 0 saturated heterocycles. The number of rotatable bonds is 2. The first-order valence-corrected chi connectivity index (χ1v) is 6.99. The zero-order valence-electron chi connectivity index (χ0n) is 10.7. The first-order valence-electron chi connectivity index (χ1n) is 6.19. The molecule has 1 aromatic carbocycles. The molecule has 1 unspecified atom stereocenters. The van der Waals surface area contributed by atoms with Crippen LogP contribution in [0.2, 0.25) is 0 Å². The minimum absolute atomic E-state index is 0.0199. The lowest BCUT2D eigenvalue weighted by Crippen LogP contribution is -2.41. The number of phenolic OH excluding ortho intramolecular Hbond substituents is 1. The third-order valence-corrected chi connectivity index (χ3v) is 4.26. The van der Waals surface area contributed by atoms with Crippen LogP contribution in [0.4, 0.5) is 0 Å². The highest BCUT2D eigenvalue weighted by molar-refractivity contribution is 9.10. The van der Waals surface area contributed by atoms with Gasteiger partial charge in [0, 0.05) is 10.5 Å². The molecule has 1 saturated carbocycles. The van der Waals surface area contributed by atoms with E-state index in [1.807, 2.05) is 0 Å². The number of carbonyl (C=O) groups excluding carboxylic acids is 1. The summed E-state index contributed by atoms with van der Waals surface area (Å²) in [4.78, 5) is 12.2. The molecule has 1 atom stereocenters. The number of benzene rings is 1. The number of nitrogens with one attached hydrogen (secondary N) is 1. The summed E-state index contributed by atoms with van der Waals surface area (Å²) in [5, 5.41) is 12.8. The van der Waals surface area contributed by atoms with E-state index >= 15 is 0 Å². The average molecular weight is 312 g/mol. The first kappa shape index (κ1) is 13.4. The molecule has 4 heteroatoms. The van der Waals surface area contributed by atoms with Crippen molar-refractivity contribution in [2.45, 2.75) is 39.2 Å². The monoisotopic (exact) mass is 311 g/mol. The topological polar surface area (TPSA) is 49.3 Å². The third kappa shape index (κ3) is 2.69. The van der Waals surface area contributed by atoms with Gasteiger partial charge in [-0.15, -0.1) is 0 Å². The predicted molar refractivity (Wildman–Crippen MR) is 74.7 cm³/mol. The number of hydrogen-bond donors (Lipinski definition) is 2. The molecule has 0 bridgehead atoms. The molecule has 1 amide bonds. The maximum Gasteiger partial charge on any atom is 0.255 e. The van der Waals surface area contributed by atoms with Gasteiger partial charge in [0.05, 0.1) is 5.56 Å². The molecule has 18 heavy (non-hydrogen) atoms. The molecule has 98 valence electrons. The van der Waals surface area contributed by atoms with Crippen LogP contribution in [-0.4, -0.2) is 17.1 Å². The van der Waals surface area contributed by atoms with E-state index in [1.165, 1.54) is 6.07 Å². The summed E-state index contributed by atoms with van der Waals surface area (Å²) in [5.74, 6) is -0.180. The van der Waals surface area contributed by atoms with Crippen molar-refractivity contribution < 1.29 is 9.90 Å². The van der Waals surface area contributed by atoms with E-state index < -0.39 is 0 Å². The van der Waals surface area contributed by atoms with E-state index in [9.17, 15) is 9.90 Å². The Morgan fingerprint density at radius 2 is 2.22 bits per heavy atom. The molecular weight excluding hydrogens is 294 g/mol. The minimum Gasteiger partial charge on any atom is -0.507 e. The van der Waals surface area contributed by atoms with E-state index in [-0.39, 0.29) is 23.1 Å². The molecule has 1 fully saturated rings. The van der Waals surface area contributed by atoms with Gasteiger partial charge < -0.3 is 10.4 Å². The molecule has 0 heterocycles. The molecule has 2 N–H and O–H groups in total. The average Bonchev–Trinajstić information content (AvgIpc) is 2.62. The Balaban J connectivity index is 2.15. The highest BCUT2D eigenvalue weighted by Crippen LogP contribution is 2.37. The van der Waals surface area contributed by atoms with Gasteiger partial charge in [-0.2, -0.15) is 0 Å². The maximum atomic E-state index is 12.2. The summed E-state index contributed by atoms with van der Waals surface area (Å²) in [7, 11) is 0. The van der Waals surface area contributed by atoms with Crippen molar-refractivity contribution in [2.24, 2.45) is 5.41 Å². The Morgan fingerprint density at radius 3 is 2.83 bits per heavy atom. The summed E-state index contributed by atoms with van der Waals surface area (Å²) in [6.07, 6.45) is 3.28. The Labute approximate surface area is 116 Å². The minimum atomic E-state index is -0.200. The number of aromatic hydroxyl groups is 1. The third-order valence-electron chi connectivity index (χ3n) is 3.77. The smallest absolute Gasteiger partial charge is 0.255 e. The molecule has 0 aliphatic heterocycles. The second-order valence-corrected chi connectivity index (χ2v) is 6.48. The Morgan fingerprint density at radius 1 is 1.50 bits per heavy atom. The molecule has 1 aliphatic carbocycles. The van der Waals surface area contributed by atoms with Crippen LogP contribution in [0.3, 0.4) is 0 Å². The fraction of sp³-hybridized carbons (Fsp3) is 0.500. The van der Waals surface area contributed by atoms with Crippen molar-refractivity contribution in [3.63, 3.8) is 0 Å². The van der Waals surface area contributed by atoms with E-state index in [4.69, 9.17) is 0 Å². The van der Waals surface area contributed by atoms with E-state index in [1.54, 1.807) is 12.1 Å². The molecular formula is C14H18BrNO2. The standard InChI is InChI=1S/C14H18BrNO2/c1-14(2)7-3-4-12(14)16-13(18)10-8-9(15)5-6-11(10)17/h5-6,8,12,17H,3-4,7H2,1-2H3,(H,16,18). The van der Waals surface area contributed by atoms with Crippen molar-refractivity contribution in [3.05, 3.63) is 28.2 Å². The highest BCUT2D eigenvalue weighted by atomic mass is 79.9. The quantitative estimate of drug-likeness (QED) is 0.878. The molecule has 0 radical (unpaired) electrons. The zero-order chi connectivity index (χ0) is 13.3. The van der Waals surface area contributed by atoms with Crippen molar-refractivity contribution in [1.29, 1.82) is 0 Å². The predicted octanol–water partition coefficient (Wildman–Crippen LogP) is 3.46. The van der Waals surface area contributed by atoms with Gasteiger partial charge in [0.15, 0.2) is 0 Å². The Bertz CT molecular complexity index is 471. The first-order chi connectivity index (χ1) is 8.40. The molecule has 3 nitrogen and oxygen atoms in total. The van der Waals surface area contributed by atoms with Gasteiger partial charge in [0.2, 0.25) is 0 Å². The van der Waals surface area contributed by atoms with Crippen LogP contribution in [0.15, 0.2) is 22.7 Å². The van der Waals surface area contributed by atoms with Gasteiger partial charge in [0.25, 0.3) is 5.91 Å². The second-order valence-electron chi connectivity index (χ2n) is 5.57. The van der Waals surface area contributed by atoms with Crippen LogP contribution in [-0.2, 0) is 0 Å². The summed E-state index contributed by atoms with van der Waals surface area (Å²) in [6.45, 7) is 4.34. The number of amides is 1. The van der Waals surface area contributed by atoms with Gasteiger partial charge in [-0.3, -0.25) is 4.79 Å². The lowest BCUT2D eigenvalue weighted by molar-refractivity contribution is 0.0907. The number of phenols is 1. The largest absolute Gasteiger partial charge is 0.507 e. The van der Waals surface area contributed by atoms with Crippen LogP contribution in [0.25, 0.3) is 0 Å². The lowest BCUT2D eigenvalue weighted by Gasteiger charge is -2.27. The fourth-order valence-corrected chi connectivity index (χ4v) is 2.88. The SMILES string of the molecule is CC1(C)CCCC1NC(=O)c1cc(Br)ccc1O. The molecule has 2 rings (SSSR count). The Hall–Kier alpha value is -1.03. The summed E-state index contributed by atoms with van der Waals surface area (Å²) < 4.78 is 0.788. The number of hydrogen-bond acceptors (Lipinski definition) is 2. The van der Waals surface area contributed by atoms with Gasteiger partial charge >= 0.3 is 0 Å². The molecule has 0 aromatic heterocycles.